The van der Waals surface area contributed by atoms with Gasteiger partial charge in [0.25, 0.3) is 6.71 Å². The highest BCUT2D eigenvalue weighted by Gasteiger charge is 2.00. The van der Waals surface area contributed by atoms with Crippen LogP contribution >= 0.6 is 19.0 Å². The normalized spacial score (nSPS) is 11.2. The Morgan fingerprint density at radius 2 is 1.73 bits per heavy atom. The van der Waals surface area contributed by atoms with Gasteiger partial charge in [0.1, 0.15) is 0 Å². The Hall–Kier alpha value is -0.280. The molecule has 0 saturated heterocycles. The molecule has 0 atom stereocenters. The van der Waals surface area contributed by atoms with E-state index in [4.69, 9.17) is 9.79 Å². The molecule has 0 aliphatic rings. The summed E-state index contributed by atoms with van der Waals surface area (Å²) in [7, 11) is 0. The second-order valence-electron chi connectivity index (χ2n) is 1.97. The lowest BCUT2D eigenvalue weighted by Gasteiger charge is -2.00. The maximum absolute atomic E-state index is 8.84. The van der Waals surface area contributed by atoms with E-state index < -0.39 is 6.71 Å². The van der Waals surface area contributed by atoms with Gasteiger partial charge in [0.05, 0.1) is 5.69 Å². The van der Waals surface area contributed by atoms with Crippen LogP contribution in [0.15, 0.2) is 35.1 Å². The maximum atomic E-state index is 8.84. The summed E-state index contributed by atoms with van der Waals surface area (Å²) in [6.07, 6.45) is 0. The average Bonchev–Trinajstić information content (AvgIpc) is 1.85. The molecule has 1 rings (SSSR count). The fourth-order valence-corrected chi connectivity index (χ4v) is 1.40. The summed E-state index contributed by atoms with van der Waals surface area (Å²) in [6.45, 7) is -3.32. The lowest BCUT2D eigenvalue weighted by atomic mass is 10.3. The fraction of sp³-hybridized carbons (Fsp3) is 0. The number of hydrogen-bond acceptors (Lipinski definition) is 1. The van der Waals surface area contributed by atoms with Gasteiger partial charge in [0, 0.05) is 0 Å². The van der Waals surface area contributed by atoms with Gasteiger partial charge in [-0.05, 0) is 12.1 Å². The van der Waals surface area contributed by atoms with Crippen molar-refractivity contribution in [3.63, 3.8) is 0 Å². The van der Waals surface area contributed by atoms with Crippen LogP contribution < -0.4 is 0 Å². The summed E-state index contributed by atoms with van der Waals surface area (Å²) >= 11 is 3.52. The van der Waals surface area contributed by atoms with Crippen molar-refractivity contribution in [3.8, 4) is 0 Å². The van der Waals surface area contributed by atoms with Crippen molar-refractivity contribution in [2.24, 2.45) is 4.74 Å². The number of nitrogens with zero attached hydrogens (tertiary/aromatic N) is 1. The quantitative estimate of drug-likeness (QED) is 0.468. The van der Waals surface area contributed by atoms with E-state index in [1.807, 2.05) is 6.07 Å². The summed E-state index contributed by atoms with van der Waals surface area (Å²) in [6, 6.07) is 8.71. The molecule has 0 amide bonds. The molecule has 1 aromatic rings. The molecule has 0 radical (unpaired) electrons. The third kappa shape index (κ3) is 3.58. The van der Waals surface area contributed by atoms with E-state index in [9.17, 15) is 0 Å². The van der Waals surface area contributed by atoms with Crippen molar-refractivity contribution in [1.29, 1.82) is 0 Å². The predicted octanol–water partition coefficient (Wildman–Crippen LogP) is 2.18. The summed E-state index contributed by atoms with van der Waals surface area (Å²) in [5.74, 6) is 0. The fourth-order valence-electron chi connectivity index (χ4n) is 0.650. The van der Waals surface area contributed by atoms with Gasteiger partial charge >= 0.3 is 0 Å². The van der Waals surface area contributed by atoms with E-state index >= 15 is 0 Å². The van der Waals surface area contributed by atoms with Gasteiger partial charge < -0.3 is 9.79 Å². The van der Waals surface area contributed by atoms with Crippen LogP contribution in [0.25, 0.3) is 0 Å². The first-order valence-corrected chi connectivity index (χ1v) is 5.73. The standard InChI is InChI=1S/C6H8NO2PS/c8-10(9,11)7-6-4-2-1-3-5-6/h1-5,8-9,11H. The Bertz CT molecular complexity index is 274. The largest absolute Gasteiger partial charge is 0.332 e. The van der Waals surface area contributed by atoms with E-state index in [0.717, 1.165) is 0 Å². The zero-order valence-corrected chi connectivity index (χ0v) is 7.41. The lowest BCUT2D eigenvalue weighted by Crippen LogP contribution is -1.65. The Balaban J connectivity index is 2.98. The van der Waals surface area contributed by atoms with Crippen molar-refractivity contribution in [2.75, 3.05) is 0 Å². The Morgan fingerprint density at radius 1 is 1.18 bits per heavy atom. The summed E-state index contributed by atoms with van der Waals surface area (Å²) in [5.41, 5.74) is 0.529. The summed E-state index contributed by atoms with van der Waals surface area (Å²) in [4.78, 5) is 17.7. The minimum absolute atomic E-state index is 0.529. The first kappa shape index (κ1) is 8.81. The van der Waals surface area contributed by atoms with Crippen LogP contribution in [0.1, 0.15) is 0 Å². The zero-order valence-electron chi connectivity index (χ0n) is 5.62. The SMILES string of the molecule is OP(O)(S)=Nc1ccccc1. The highest BCUT2D eigenvalue weighted by atomic mass is 32.7. The van der Waals surface area contributed by atoms with Crippen molar-refractivity contribution >= 4 is 24.6 Å². The molecule has 0 spiro atoms. The van der Waals surface area contributed by atoms with Gasteiger partial charge in [0.2, 0.25) is 0 Å². The van der Waals surface area contributed by atoms with Gasteiger partial charge in [-0.3, -0.25) is 0 Å². The molecule has 0 aliphatic heterocycles. The molecule has 1 aromatic carbocycles. The molecular weight excluding hydrogens is 181 g/mol. The molecule has 3 nitrogen and oxygen atoms in total. The molecule has 60 valence electrons. The number of rotatable bonds is 1. The van der Waals surface area contributed by atoms with Crippen LogP contribution in [-0.4, -0.2) is 9.79 Å². The summed E-state index contributed by atoms with van der Waals surface area (Å²) in [5, 5.41) is 0. The lowest BCUT2D eigenvalue weighted by molar-refractivity contribution is 0.491. The van der Waals surface area contributed by atoms with Crippen molar-refractivity contribution in [1.82, 2.24) is 0 Å². The van der Waals surface area contributed by atoms with E-state index in [0.29, 0.717) is 5.69 Å². The molecule has 0 unspecified atom stereocenters. The third-order valence-electron chi connectivity index (χ3n) is 1.01. The second-order valence-corrected chi connectivity index (χ2v) is 4.86. The average molecular weight is 189 g/mol. The molecule has 0 aromatic heterocycles. The molecule has 0 saturated carbocycles. The molecule has 11 heavy (non-hydrogen) atoms. The van der Waals surface area contributed by atoms with Crippen LogP contribution in [0, 0.1) is 0 Å². The topological polar surface area (TPSA) is 52.8 Å². The Kier molecular flexibility index (Phi) is 2.73. The van der Waals surface area contributed by atoms with Gasteiger partial charge in [-0.1, -0.05) is 30.4 Å². The summed E-state index contributed by atoms with van der Waals surface area (Å²) < 4.78 is 3.58. The van der Waals surface area contributed by atoms with Crippen molar-refractivity contribution in [2.45, 2.75) is 0 Å². The van der Waals surface area contributed by atoms with Crippen LogP contribution in [0.4, 0.5) is 5.69 Å². The minimum atomic E-state index is -3.32. The molecule has 0 heterocycles. The van der Waals surface area contributed by atoms with Crippen LogP contribution in [-0.2, 0) is 0 Å². The monoisotopic (exact) mass is 189 g/mol. The highest BCUT2D eigenvalue weighted by Crippen LogP contribution is 2.47. The van der Waals surface area contributed by atoms with Crippen LogP contribution in [0.5, 0.6) is 0 Å². The molecule has 0 bridgehead atoms. The van der Waals surface area contributed by atoms with Gasteiger partial charge in [-0.15, -0.1) is 0 Å². The third-order valence-corrected chi connectivity index (χ3v) is 1.77. The van der Waals surface area contributed by atoms with Crippen LogP contribution in [0.2, 0.25) is 0 Å². The molecule has 2 N–H and O–H groups in total. The number of benzene rings is 1. The Morgan fingerprint density at radius 3 is 2.18 bits per heavy atom. The van der Waals surface area contributed by atoms with E-state index in [-0.39, 0.29) is 0 Å². The van der Waals surface area contributed by atoms with Crippen molar-refractivity contribution < 1.29 is 9.79 Å². The highest BCUT2D eigenvalue weighted by molar-refractivity contribution is 8.44. The molecular formula is C6H8NO2PS. The van der Waals surface area contributed by atoms with Crippen molar-refractivity contribution in [3.05, 3.63) is 30.3 Å². The smallest absolute Gasteiger partial charge is 0.269 e. The molecule has 0 aliphatic carbocycles. The van der Waals surface area contributed by atoms with E-state index in [2.05, 4.69) is 17.0 Å². The predicted molar refractivity (Wildman–Crippen MR) is 48.9 cm³/mol. The van der Waals surface area contributed by atoms with Gasteiger partial charge in [0.15, 0.2) is 0 Å². The van der Waals surface area contributed by atoms with E-state index in [1.165, 1.54) is 0 Å². The van der Waals surface area contributed by atoms with E-state index in [1.54, 1.807) is 24.3 Å². The number of hydrogen-bond donors (Lipinski definition) is 3. The second kappa shape index (κ2) is 3.41. The Labute approximate surface area is 70.1 Å². The zero-order chi connectivity index (χ0) is 8.32. The minimum Gasteiger partial charge on any atom is -0.332 e. The molecule has 0 fully saturated rings. The first-order chi connectivity index (χ1) is 5.08. The first-order valence-electron chi connectivity index (χ1n) is 2.93. The molecule has 5 heteroatoms. The van der Waals surface area contributed by atoms with Gasteiger partial charge in [-0.2, -0.15) is 0 Å². The maximum Gasteiger partial charge on any atom is 0.269 e. The van der Waals surface area contributed by atoms with Gasteiger partial charge in [-0.25, -0.2) is 4.74 Å². The van der Waals surface area contributed by atoms with Crippen LogP contribution in [0.3, 0.4) is 0 Å². The number of thiol groups is 1.